The Morgan fingerprint density at radius 3 is 2.93 bits per heavy atom. The molecule has 0 radical (unpaired) electrons. The maximum absolute atomic E-state index is 4.39. The van der Waals surface area contributed by atoms with Crippen LogP contribution in [0.3, 0.4) is 0 Å². The molecule has 0 fully saturated rings. The molecule has 0 atom stereocenters. The monoisotopic (exact) mass is 194 g/mol. The molecule has 2 aromatic rings. The minimum absolute atomic E-state index is 1.01. The molecule has 2 nitrogen and oxygen atoms in total. The molecule has 2 heteroatoms. The average molecular weight is 194 g/mol. The number of fused-ring (bicyclic) bond motifs is 3. The van der Waals surface area contributed by atoms with Gasteiger partial charge in [-0.05, 0) is 29.7 Å². The van der Waals surface area contributed by atoms with Crippen LogP contribution in [0.2, 0.25) is 0 Å². The summed E-state index contributed by atoms with van der Waals surface area (Å²) >= 11 is 0. The van der Waals surface area contributed by atoms with E-state index in [2.05, 4.69) is 29.5 Å². The van der Waals surface area contributed by atoms with Crippen molar-refractivity contribution in [3.8, 4) is 11.3 Å². The van der Waals surface area contributed by atoms with Gasteiger partial charge in [0.15, 0.2) is 0 Å². The number of hydrogen-bond donors (Lipinski definition) is 0. The summed E-state index contributed by atoms with van der Waals surface area (Å²) < 4.78 is 0. The Bertz CT molecular complexity index is 570. The summed E-state index contributed by atoms with van der Waals surface area (Å²) in [4.78, 5) is 8.60. The number of pyridine rings is 2. The zero-order valence-corrected chi connectivity index (χ0v) is 8.49. The molecule has 0 N–H and O–H groups in total. The predicted octanol–water partition coefficient (Wildman–Crippen LogP) is 2.83. The maximum Gasteiger partial charge on any atom is 0.0802 e. The van der Waals surface area contributed by atoms with Gasteiger partial charge in [-0.3, -0.25) is 9.97 Å². The van der Waals surface area contributed by atoms with Crippen molar-refractivity contribution in [1.82, 2.24) is 9.97 Å². The van der Waals surface area contributed by atoms with Crippen LogP contribution in [-0.2, 0) is 0 Å². The summed E-state index contributed by atoms with van der Waals surface area (Å²) in [7, 11) is 0. The van der Waals surface area contributed by atoms with Crippen LogP contribution in [0.15, 0.2) is 37.3 Å². The van der Waals surface area contributed by atoms with Crippen LogP contribution in [0.4, 0.5) is 0 Å². The van der Waals surface area contributed by atoms with E-state index in [-0.39, 0.29) is 0 Å². The lowest BCUT2D eigenvalue weighted by atomic mass is 10.0. The third-order valence-electron chi connectivity index (χ3n) is 2.83. The molecule has 15 heavy (non-hydrogen) atoms. The summed E-state index contributed by atoms with van der Waals surface area (Å²) in [5, 5.41) is 0. The molecular formula is C13H10N2. The summed E-state index contributed by atoms with van der Waals surface area (Å²) in [5.74, 6) is 0. The molecule has 1 aliphatic rings. The molecule has 2 heterocycles. The van der Waals surface area contributed by atoms with Crippen LogP contribution in [0.25, 0.3) is 16.8 Å². The Kier molecular flexibility index (Phi) is 1.54. The average Bonchev–Trinajstić information content (AvgIpc) is 2.55. The van der Waals surface area contributed by atoms with Crippen LogP contribution >= 0.6 is 0 Å². The third kappa shape index (κ3) is 0.988. The number of nitrogens with zero attached hydrogens (tertiary/aromatic N) is 2. The van der Waals surface area contributed by atoms with Crippen LogP contribution in [0.1, 0.15) is 16.7 Å². The highest BCUT2D eigenvalue weighted by Gasteiger charge is 2.24. The topological polar surface area (TPSA) is 25.8 Å². The van der Waals surface area contributed by atoms with E-state index in [1.807, 2.05) is 24.7 Å². The van der Waals surface area contributed by atoms with Gasteiger partial charge in [0, 0.05) is 29.7 Å². The Labute approximate surface area is 88.3 Å². The van der Waals surface area contributed by atoms with E-state index in [0.29, 0.717) is 0 Å². The summed E-state index contributed by atoms with van der Waals surface area (Å²) in [6.07, 6.45) is 5.55. The molecule has 2 aromatic heterocycles. The van der Waals surface area contributed by atoms with Gasteiger partial charge in [0.2, 0.25) is 0 Å². The molecule has 0 amide bonds. The fraction of sp³-hybridized carbons (Fsp3) is 0.0769. The lowest BCUT2D eigenvalue weighted by Gasteiger charge is -2.02. The molecule has 72 valence electrons. The molecular weight excluding hydrogens is 184 g/mol. The fourth-order valence-electron chi connectivity index (χ4n) is 2.14. The van der Waals surface area contributed by atoms with E-state index in [4.69, 9.17) is 0 Å². The Morgan fingerprint density at radius 1 is 1.20 bits per heavy atom. The molecule has 1 aliphatic carbocycles. The Hall–Kier alpha value is -1.96. The first kappa shape index (κ1) is 8.36. The highest BCUT2D eigenvalue weighted by molar-refractivity contribution is 5.99. The second-order valence-electron chi connectivity index (χ2n) is 3.76. The molecule has 0 unspecified atom stereocenters. The molecule has 0 spiro atoms. The lowest BCUT2D eigenvalue weighted by Crippen LogP contribution is -1.86. The van der Waals surface area contributed by atoms with Gasteiger partial charge in [-0.1, -0.05) is 12.6 Å². The van der Waals surface area contributed by atoms with Crippen molar-refractivity contribution in [3.63, 3.8) is 0 Å². The molecule has 0 aliphatic heterocycles. The van der Waals surface area contributed by atoms with Gasteiger partial charge < -0.3 is 0 Å². The van der Waals surface area contributed by atoms with Crippen molar-refractivity contribution in [2.45, 2.75) is 6.92 Å². The first-order valence-corrected chi connectivity index (χ1v) is 4.88. The normalized spacial score (nSPS) is 12.5. The van der Waals surface area contributed by atoms with Gasteiger partial charge >= 0.3 is 0 Å². The number of aromatic nitrogens is 2. The number of hydrogen-bond acceptors (Lipinski definition) is 2. The molecule has 0 aromatic carbocycles. The van der Waals surface area contributed by atoms with E-state index in [1.165, 1.54) is 5.56 Å². The summed E-state index contributed by atoms with van der Waals surface area (Å²) in [6.45, 7) is 6.19. The minimum Gasteiger partial charge on any atom is -0.264 e. The van der Waals surface area contributed by atoms with E-state index in [0.717, 1.165) is 28.0 Å². The molecule has 0 bridgehead atoms. The van der Waals surface area contributed by atoms with Gasteiger partial charge in [0.25, 0.3) is 0 Å². The summed E-state index contributed by atoms with van der Waals surface area (Å²) in [6, 6.07) is 4.00. The number of rotatable bonds is 0. The van der Waals surface area contributed by atoms with Crippen LogP contribution in [-0.4, -0.2) is 9.97 Å². The zero-order chi connectivity index (χ0) is 10.4. The van der Waals surface area contributed by atoms with Crippen molar-refractivity contribution in [2.24, 2.45) is 0 Å². The molecule has 0 saturated carbocycles. The second kappa shape index (κ2) is 2.76. The van der Waals surface area contributed by atoms with Crippen molar-refractivity contribution in [2.75, 3.05) is 0 Å². The van der Waals surface area contributed by atoms with E-state index in [1.54, 1.807) is 0 Å². The largest absolute Gasteiger partial charge is 0.264 e. The first-order valence-electron chi connectivity index (χ1n) is 4.88. The van der Waals surface area contributed by atoms with Gasteiger partial charge in [-0.15, -0.1) is 0 Å². The Morgan fingerprint density at radius 2 is 2.07 bits per heavy atom. The highest BCUT2D eigenvalue weighted by Crippen LogP contribution is 2.42. The standard InChI is InChI=1S/C13H10N2/c1-8-6-14-7-11-12(8)9(2)10-4-3-5-15-13(10)11/h3-7H,2H2,1H3. The molecule has 0 saturated heterocycles. The van der Waals surface area contributed by atoms with E-state index >= 15 is 0 Å². The van der Waals surface area contributed by atoms with E-state index < -0.39 is 0 Å². The van der Waals surface area contributed by atoms with E-state index in [9.17, 15) is 0 Å². The van der Waals surface area contributed by atoms with Crippen molar-refractivity contribution in [1.29, 1.82) is 0 Å². The third-order valence-corrected chi connectivity index (χ3v) is 2.83. The molecule has 3 rings (SSSR count). The first-order chi connectivity index (χ1) is 7.29. The van der Waals surface area contributed by atoms with Crippen LogP contribution in [0, 0.1) is 6.92 Å². The SMILES string of the molecule is C=C1c2cccnc2-c2cncc(C)c21. The van der Waals surface area contributed by atoms with Gasteiger partial charge in [-0.25, -0.2) is 0 Å². The smallest absolute Gasteiger partial charge is 0.0802 e. The van der Waals surface area contributed by atoms with Crippen LogP contribution < -0.4 is 0 Å². The quantitative estimate of drug-likeness (QED) is 0.550. The van der Waals surface area contributed by atoms with Crippen molar-refractivity contribution >= 4 is 5.57 Å². The fourth-order valence-corrected chi connectivity index (χ4v) is 2.14. The van der Waals surface area contributed by atoms with Crippen molar-refractivity contribution < 1.29 is 0 Å². The highest BCUT2D eigenvalue weighted by atomic mass is 14.7. The van der Waals surface area contributed by atoms with Gasteiger partial charge in [0.1, 0.15) is 0 Å². The van der Waals surface area contributed by atoms with Crippen molar-refractivity contribution in [3.05, 3.63) is 54.0 Å². The van der Waals surface area contributed by atoms with Crippen LogP contribution in [0.5, 0.6) is 0 Å². The summed E-state index contributed by atoms with van der Waals surface area (Å²) in [5.41, 5.74) is 6.66. The van der Waals surface area contributed by atoms with Gasteiger partial charge in [0.05, 0.1) is 5.69 Å². The lowest BCUT2D eigenvalue weighted by molar-refractivity contribution is 1.25. The zero-order valence-electron chi connectivity index (χ0n) is 8.49. The maximum atomic E-state index is 4.39. The van der Waals surface area contributed by atoms with Gasteiger partial charge in [-0.2, -0.15) is 0 Å². The Balaban J connectivity index is 2.43. The second-order valence-corrected chi connectivity index (χ2v) is 3.76. The minimum atomic E-state index is 1.01. The number of aryl methyl sites for hydroxylation is 1. The predicted molar refractivity (Wildman–Crippen MR) is 60.3 cm³/mol.